The Balaban J connectivity index is 2.27. The van der Waals surface area contributed by atoms with E-state index in [1.54, 1.807) is 7.05 Å². The maximum Gasteiger partial charge on any atom is 0.265 e. The predicted molar refractivity (Wildman–Crippen MR) is 101 cm³/mol. The summed E-state index contributed by atoms with van der Waals surface area (Å²) >= 11 is 3.11. The van der Waals surface area contributed by atoms with Crippen molar-refractivity contribution in [1.29, 1.82) is 0 Å². The number of aromatic nitrogens is 3. The summed E-state index contributed by atoms with van der Waals surface area (Å²) in [7, 11) is 0.344. The van der Waals surface area contributed by atoms with E-state index in [1.807, 2.05) is 0 Å². The first-order valence-electron chi connectivity index (χ1n) is 7.99. The van der Waals surface area contributed by atoms with E-state index in [0.717, 1.165) is 17.0 Å². The lowest BCUT2D eigenvalue weighted by Gasteiger charge is -2.22. The van der Waals surface area contributed by atoms with E-state index in [2.05, 4.69) is 45.9 Å². The van der Waals surface area contributed by atoms with Gasteiger partial charge in [-0.3, -0.25) is 14.4 Å². The van der Waals surface area contributed by atoms with Gasteiger partial charge in [0, 0.05) is 26.2 Å². The second kappa shape index (κ2) is 8.36. The molecule has 0 radical (unpaired) electrons. The molecule has 0 aliphatic carbocycles. The fourth-order valence-corrected chi connectivity index (χ4v) is 3.31. The summed E-state index contributed by atoms with van der Waals surface area (Å²) in [5.74, 6) is -2.89. The Labute approximate surface area is 160 Å². The van der Waals surface area contributed by atoms with Crippen LogP contribution in [0.15, 0.2) is 22.8 Å². The Morgan fingerprint density at radius 3 is 2.62 bits per heavy atom. The molecule has 142 valence electrons. The zero-order chi connectivity index (χ0) is 19.5. The summed E-state index contributed by atoms with van der Waals surface area (Å²) in [6, 6.07) is 3.15. The van der Waals surface area contributed by atoms with Crippen molar-refractivity contribution in [2.45, 2.75) is 25.7 Å². The Morgan fingerprint density at radius 1 is 1.35 bits per heavy atom. The van der Waals surface area contributed by atoms with Crippen LogP contribution >= 0.6 is 15.9 Å². The number of ether oxygens (including phenoxy) is 1. The highest BCUT2D eigenvalue weighted by molar-refractivity contribution is 9.10. The summed E-state index contributed by atoms with van der Waals surface area (Å²) < 4.78 is 35.0. The van der Waals surface area contributed by atoms with Crippen LogP contribution in [0, 0.1) is 11.6 Å². The van der Waals surface area contributed by atoms with Gasteiger partial charge in [0.1, 0.15) is 6.73 Å². The highest BCUT2D eigenvalue weighted by atomic mass is 79.9. The standard InChI is InChI=1S/C16H21BrF2N4O2Si/c1-22-9-13(20-21-22)23(10-25-7-8-26(2,3)4)16(24)14-11(17)5-6-12(18)15(14)19/h5-6,9H,7-8,10H2,1-4H3. The smallest absolute Gasteiger partial charge is 0.265 e. The van der Waals surface area contributed by atoms with Crippen LogP contribution in [0.5, 0.6) is 0 Å². The summed E-state index contributed by atoms with van der Waals surface area (Å²) in [5, 5.41) is 7.68. The van der Waals surface area contributed by atoms with Crippen LogP contribution in [0.4, 0.5) is 14.6 Å². The van der Waals surface area contributed by atoms with E-state index in [4.69, 9.17) is 4.74 Å². The van der Waals surface area contributed by atoms with E-state index in [1.165, 1.54) is 16.9 Å². The molecule has 1 aromatic carbocycles. The number of rotatable bonds is 7. The summed E-state index contributed by atoms with van der Waals surface area (Å²) in [5.41, 5.74) is -0.413. The van der Waals surface area contributed by atoms with Gasteiger partial charge in [0.05, 0.1) is 11.8 Å². The van der Waals surface area contributed by atoms with Crippen LogP contribution in [-0.4, -0.2) is 42.3 Å². The van der Waals surface area contributed by atoms with Gasteiger partial charge in [-0.05, 0) is 34.1 Å². The molecule has 0 aliphatic heterocycles. The summed E-state index contributed by atoms with van der Waals surface area (Å²) in [4.78, 5) is 14.0. The molecule has 10 heteroatoms. The summed E-state index contributed by atoms with van der Waals surface area (Å²) in [6.45, 7) is 6.96. The maximum absolute atomic E-state index is 14.2. The molecule has 0 N–H and O–H groups in total. The molecule has 0 atom stereocenters. The minimum Gasteiger partial charge on any atom is -0.361 e. The maximum atomic E-state index is 14.2. The van der Waals surface area contributed by atoms with Crippen LogP contribution in [0.3, 0.4) is 0 Å². The van der Waals surface area contributed by atoms with Gasteiger partial charge in [-0.25, -0.2) is 8.78 Å². The van der Waals surface area contributed by atoms with Crippen LogP contribution < -0.4 is 4.90 Å². The van der Waals surface area contributed by atoms with Crippen molar-refractivity contribution >= 4 is 35.7 Å². The normalized spacial score (nSPS) is 11.7. The third-order valence-corrected chi connectivity index (χ3v) is 5.95. The van der Waals surface area contributed by atoms with Gasteiger partial charge in [0.15, 0.2) is 17.5 Å². The Hall–Kier alpha value is -1.65. The number of anilines is 1. The van der Waals surface area contributed by atoms with E-state index < -0.39 is 31.2 Å². The molecule has 26 heavy (non-hydrogen) atoms. The van der Waals surface area contributed by atoms with Gasteiger partial charge in [-0.2, -0.15) is 0 Å². The number of aryl methyl sites for hydroxylation is 1. The lowest BCUT2D eigenvalue weighted by atomic mass is 10.2. The van der Waals surface area contributed by atoms with Crippen LogP contribution in [0.1, 0.15) is 10.4 Å². The summed E-state index contributed by atoms with van der Waals surface area (Å²) in [6.07, 6.45) is 1.50. The van der Waals surface area contributed by atoms with Gasteiger partial charge in [0.25, 0.3) is 5.91 Å². The van der Waals surface area contributed by atoms with Crippen molar-refractivity contribution in [1.82, 2.24) is 15.0 Å². The molecule has 0 saturated carbocycles. The zero-order valence-corrected chi connectivity index (χ0v) is 17.7. The van der Waals surface area contributed by atoms with Gasteiger partial charge in [-0.1, -0.05) is 24.9 Å². The Bertz CT molecular complexity index is 795. The fraction of sp³-hybridized carbons (Fsp3) is 0.438. The highest BCUT2D eigenvalue weighted by Gasteiger charge is 2.27. The molecule has 6 nitrogen and oxygen atoms in total. The van der Waals surface area contributed by atoms with Crippen LogP contribution in [0.25, 0.3) is 0 Å². The molecule has 0 unspecified atom stereocenters. The number of halogens is 3. The van der Waals surface area contributed by atoms with E-state index in [-0.39, 0.29) is 17.0 Å². The second-order valence-electron chi connectivity index (χ2n) is 7.05. The van der Waals surface area contributed by atoms with Crippen LogP contribution in [-0.2, 0) is 11.8 Å². The van der Waals surface area contributed by atoms with E-state index in [9.17, 15) is 13.6 Å². The molecule has 1 amide bonds. The average molecular weight is 447 g/mol. The second-order valence-corrected chi connectivity index (χ2v) is 13.5. The molecule has 1 aromatic heterocycles. The first kappa shape index (κ1) is 20.7. The minimum atomic E-state index is -1.30. The minimum absolute atomic E-state index is 0.135. The predicted octanol–water partition coefficient (Wildman–Crippen LogP) is 3.81. The molecular weight excluding hydrogens is 426 g/mol. The molecule has 1 heterocycles. The van der Waals surface area contributed by atoms with Crippen molar-refractivity contribution in [3.63, 3.8) is 0 Å². The SMILES string of the molecule is Cn1cc(N(COCC[Si](C)(C)C)C(=O)c2c(Br)ccc(F)c2F)nn1. The lowest BCUT2D eigenvalue weighted by molar-refractivity contribution is 0.0893. The van der Waals surface area contributed by atoms with Gasteiger partial charge in [-0.15, -0.1) is 5.10 Å². The number of benzene rings is 1. The average Bonchev–Trinajstić information content (AvgIpc) is 2.96. The molecule has 0 spiro atoms. The number of amides is 1. The third kappa shape index (κ3) is 5.18. The van der Waals surface area contributed by atoms with Crippen molar-refractivity contribution in [2.24, 2.45) is 7.05 Å². The number of hydrogen-bond acceptors (Lipinski definition) is 4. The number of nitrogens with zero attached hydrogens (tertiary/aromatic N) is 4. The molecular formula is C16H21BrF2N4O2Si. The molecule has 2 rings (SSSR count). The fourth-order valence-electron chi connectivity index (χ4n) is 2.08. The van der Waals surface area contributed by atoms with E-state index >= 15 is 0 Å². The largest absolute Gasteiger partial charge is 0.361 e. The van der Waals surface area contributed by atoms with Crippen LogP contribution in [0.2, 0.25) is 25.7 Å². The molecule has 2 aromatic rings. The molecule has 0 saturated heterocycles. The molecule has 0 bridgehead atoms. The van der Waals surface area contributed by atoms with Crippen molar-refractivity contribution < 1.29 is 18.3 Å². The molecule has 0 fully saturated rings. The number of carbonyl (C=O) groups excluding carboxylic acids is 1. The van der Waals surface area contributed by atoms with Gasteiger partial charge >= 0.3 is 0 Å². The molecule has 0 aliphatic rings. The highest BCUT2D eigenvalue weighted by Crippen LogP contribution is 2.25. The monoisotopic (exact) mass is 446 g/mol. The number of carbonyl (C=O) groups is 1. The van der Waals surface area contributed by atoms with Crippen molar-refractivity contribution in [3.8, 4) is 0 Å². The van der Waals surface area contributed by atoms with E-state index in [0.29, 0.717) is 6.61 Å². The zero-order valence-electron chi connectivity index (χ0n) is 15.1. The Kier molecular flexibility index (Phi) is 6.64. The first-order valence-corrected chi connectivity index (χ1v) is 12.5. The van der Waals surface area contributed by atoms with Crippen molar-refractivity contribution in [2.75, 3.05) is 18.2 Å². The van der Waals surface area contributed by atoms with Gasteiger partial charge < -0.3 is 4.74 Å². The first-order chi connectivity index (χ1) is 12.1. The lowest BCUT2D eigenvalue weighted by Crippen LogP contribution is -2.35. The Morgan fingerprint density at radius 2 is 2.04 bits per heavy atom. The van der Waals surface area contributed by atoms with Crippen molar-refractivity contribution in [3.05, 3.63) is 40.0 Å². The number of hydrogen-bond donors (Lipinski definition) is 0. The third-order valence-electron chi connectivity index (χ3n) is 3.59. The van der Waals surface area contributed by atoms with Gasteiger partial charge in [0.2, 0.25) is 0 Å². The quantitative estimate of drug-likeness (QED) is 0.280. The topological polar surface area (TPSA) is 60.2 Å².